The van der Waals surface area contributed by atoms with Crippen LogP contribution in [0, 0.1) is 6.92 Å². The van der Waals surface area contributed by atoms with Gasteiger partial charge in [0.15, 0.2) is 0 Å². The Kier molecular flexibility index (Phi) is 4.24. The van der Waals surface area contributed by atoms with Crippen LogP contribution in [0.3, 0.4) is 0 Å². The Morgan fingerprint density at radius 3 is 3.04 bits per heavy atom. The highest BCUT2D eigenvalue weighted by atomic mass is 16.5. The normalized spacial score (nSPS) is 26.8. The fourth-order valence-corrected chi connectivity index (χ4v) is 3.92. The van der Waals surface area contributed by atoms with Gasteiger partial charge in [-0.3, -0.25) is 0 Å². The van der Waals surface area contributed by atoms with E-state index in [0.29, 0.717) is 18.1 Å². The van der Waals surface area contributed by atoms with Gasteiger partial charge in [-0.25, -0.2) is 9.67 Å². The molecule has 1 saturated heterocycles. The third kappa shape index (κ3) is 2.80. The number of aryl methyl sites for hydroxylation is 1. The summed E-state index contributed by atoms with van der Waals surface area (Å²) in [7, 11) is 1.69. The molecule has 6 nitrogen and oxygen atoms in total. The first-order valence-corrected chi connectivity index (χ1v) is 8.68. The molecule has 1 saturated carbocycles. The molecule has 24 heavy (non-hydrogen) atoms. The zero-order valence-electron chi connectivity index (χ0n) is 14.2. The molecule has 0 radical (unpaired) electrons. The largest absolute Gasteiger partial charge is 0.494 e. The van der Waals surface area contributed by atoms with Crippen molar-refractivity contribution < 1.29 is 9.47 Å². The van der Waals surface area contributed by atoms with E-state index in [-0.39, 0.29) is 0 Å². The lowest BCUT2D eigenvalue weighted by Gasteiger charge is -2.39. The number of hydrogen-bond acceptors (Lipinski definition) is 5. The van der Waals surface area contributed by atoms with Crippen molar-refractivity contribution in [2.45, 2.75) is 44.2 Å². The first-order chi connectivity index (χ1) is 11.8. The number of methoxy groups -OCH3 is 1. The zero-order chi connectivity index (χ0) is 16.5. The lowest BCUT2D eigenvalue weighted by molar-refractivity contribution is -0.0281. The van der Waals surface area contributed by atoms with Gasteiger partial charge in [0, 0.05) is 18.5 Å². The van der Waals surface area contributed by atoms with E-state index >= 15 is 0 Å². The van der Waals surface area contributed by atoms with E-state index in [1.165, 1.54) is 0 Å². The van der Waals surface area contributed by atoms with Crippen molar-refractivity contribution in [2.24, 2.45) is 0 Å². The molecule has 0 unspecified atom stereocenters. The molecule has 128 valence electrons. The van der Waals surface area contributed by atoms with Crippen molar-refractivity contribution in [3.63, 3.8) is 0 Å². The predicted molar refractivity (Wildman–Crippen MR) is 90.8 cm³/mol. The summed E-state index contributed by atoms with van der Waals surface area (Å²) in [5.74, 6) is 3.02. The number of morpholine rings is 1. The molecule has 0 amide bonds. The number of benzene rings is 1. The molecule has 2 fully saturated rings. The van der Waals surface area contributed by atoms with E-state index in [9.17, 15) is 0 Å². The van der Waals surface area contributed by atoms with Crippen molar-refractivity contribution in [2.75, 3.05) is 20.3 Å². The highest BCUT2D eigenvalue weighted by Crippen LogP contribution is 2.36. The van der Waals surface area contributed by atoms with E-state index in [1.54, 1.807) is 7.11 Å². The van der Waals surface area contributed by atoms with Crippen LogP contribution < -0.4 is 10.1 Å². The molecule has 1 N–H and O–H groups in total. The van der Waals surface area contributed by atoms with Gasteiger partial charge in [0.2, 0.25) is 0 Å². The Hall–Kier alpha value is -1.92. The number of aromatic nitrogens is 3. The Bertz CT molecular complexity index is 715. The summed E-state index contributed by atoms with van der Waals surface area (Å²) in [5.41, 5.74) is 0.950. The summed E-state index contributed by atoms with van der Waals surface area (Å²) < 4.78 is 13.4. The van der Waals surface area contributed by atoms with Crippen LogP contribution in [0.2, 0.25) is 0 Å². The van der Waals surface area contributed by atoms with Crippen LogP contribution in [0.25, 0.3) is 5.69 Å². The second-order valence-electron chi connectivity index (χ2n) is 6.58. The van der Waals surface area contributed by atoms with Gasteiger partial charge in [-0.15, -0.1) is 0 Å². The first kappa shape index (κ1) is 15.6. The maximum Gasteiger partial charge on any atom is 0.148 e. The van der Waals surface area contributed by atoms with Crippen LogP contribution in [0.1, 0.15) is 36.8 Å². The predicted octanol–water partition coefficient (Wildman–Crippen LogP) is 2.21. The maximum atomic E-state index is 5.90. The molecular formula is C18H24N4O2. The number of nitrogens with one attached hydrogen (secondary N) is 1. The van der Waals surface area contributed by atoms with Crippen molar-refractivity contribution in [3.05, 3.63) is 35.9 Å². The molecule has 0 spiro atoms. The van der Waals surface area contributed by atoms with Gasteiger partial charge in [0.25, 0.3) is 0 Å². The molecule has 3 atom stereocenters. The molecule has 1 aromatic heterocycles. The van der Waals surface area contributed by atoms with Crippen LogP contribution in [-0.4, -0.2) is 47.2 Å². The highest BCUT2D eigenvalue weighted by molar-refractivity contribution is 5.46. The van der Waals surface area contributed by atoms with Gasteiger partial charge in [0.1, 0.15) is 23.1 Å². The average Bonchev–Trinajstić information content (AvgIpc) is 3.03. The van der Waals surface area contributed by atoms with Crippen LogP contribution >= 0.6 is 0 Å². The Balaban J connectivity index is 1.67. The highest BCUT2D eigenvalue weighted by Gasteiger charge is 2.36. The Labute approximate surface area is 142 Å². The standard InChI is InChI=1S/C18H24N4O2/c1-12-20-18(13-7-8-16-14(11-13)19-9-10-24-16)22(21-12)15-5-3-4-6-17(15)23-2/h3-6,13-14,16,19H,7-11H2,1-2H3/t13-,14+,16+/m0/s1. The van der Waals surface area contributed by atoms with E-state index in [1.807, 2.05) is 35.9 Å². The molecular weight excluding hydrogens is 304 g/mol. The molecule has 4 rings (SSSR count). The Morgan fingerprint density at radius 1 is 1.29 bits per heavy atom. The van der Waals surface area contributed by atoms with Crippen LogP contribution in [0.5, 0.6) is 5.75 Å². The average molecular weight is 328 g/mol. The quantitative estimate of drug-likeness (QED) is 0.936. The smallest absolute Gasteiger partial charge is 0.148 e. The third-order valence-corrected chi connectivity index (χ3v) is 5.04. The van der Waals surface area contributed by atoms with Gasteiger partial charge in [0.05, 0.1) is 19.8 Å². The fourth-order valence-electron chi connectivity index (χ4n) is 3.92. The molecule has 2 aromatic rings. The topological polar surface area (TPSA) is 61.2 Å². The number of para-hydroxylation sites is 2. The third-order valence-electron chi connectivity index (χ3n) is 5.04. The second kappa shape index (κ2) is 6.53. The van der Waals surface area contributed by atoms with Crippen LogP contribution in [-0.2, 0) is 4.74 Å². The SMILES string of the molecule is COc1ccccc1-n1nc(C)nc1[C@H]1CC[C@H]2OCCN[C@@H]2C1. The van der Waals surface area contributed by atoms with Crippen molar-refractivity contribution in [1.29, 1.82) is 0 Å². The number of rotatable bonds is 3. The van der Waals surface area contributed by atoms with E-state index in [4.69, 9.17) is 14.5 Å². The maximum absolute atomic E-state index is 5.90. The minimum atomic E-state index is 0.346. The molecule has 1 aliphatic heterocycles. The van der Waals surface area contributed by atoms with Gasteiger partial charge in [-0.05, 0) is 38.3 Å². The number of fused-ring (bicyclic) bond motifs is 1. The molecule has 0 bridgehead atoms. The molecule has 1 aromatic carbocycles. The summed E-state index contributed by atoms with van der Waals surface area (Å²) in [6, 6.07) is 8.39. The van der Waals surface area contributed by atoms with E-state index < -0.39 is 0 Å². The number of hydrogen-bond donors (Lipinski definition) is 1. The minimum absolute atomic E-state index is 0.346. The van der Waals surface area contributed by atoms with E-state index in [2.05, 4.69) is 10.4 Å². The van der Waals surface area contributed by atoms with Crippen LogP contribution in [0.4, 0.5) is 0 Å². The van der Waals surface area contributed by atoms with Gasteiger partial charge in [-0.1, -0.05) is 12.1 Å². The molecule has 2 aliphatic rings. The number of nitrogens with zero attached hydrogens (tertiary/aromatic N) is 3. The molecule has 1 aliphatic carbocycles. The van der Waals surface area contributed by atoms with Crippen molar-refractivity contribution in [3.8, 4) is 11.4 Å². The fraction of sp³-hybridized carbons (Fsp3) is 0.556. The summed E-state index contributed by atoms with van der Waals surface area (Å²) in [4.78, 5) is 4.75. The van der Waals surface area contributed by atoms with Gasteiger partial charge in [-0.2, -0.15) is 5.10 Å². The lowest BCUT2D eigenvalue weighted by Crippen LogP contribution is -2.51. The summed E-state index contributed by atoms with van der Waals surface area (Å²) in [6.45, 7) is 3.71. The second-order valence-corrected chi connectivity index (χ2v) is 6.58. The molecule has 6 heteroatoms. The Morgan fingerprint density at radius 2 is 2.17 bits per heavy atom. The minimum Gasteiger partial charge on any atom is -0.494 e. The van der Waals surface area contributed by atoms with Crippen LogP contribution in [0.15, 0.2) is 24.3 Å². The molecule has 2 heterocycles. The number of ether oxygens (including phenoxy) is 2. The summed E-state index contributed by atoms with van der Waals surface area (Å²) in [6.07, 6.45) is 3.53. The van der Waals surface area contributed by atoms with Crippen molar-refractivity contribution >= 4 is 0 Å². The van der Waals surface area contributed by atoms with E-state index in [0.717, 1.165) is 55.5 Å². The summed E-state index contributed by atoms with van der Waals surface area (Å²) in [5, 5.41) is 8.24. The first-order valence-electron chi connectivity index (χ1n) is 8.68. The monoisotopic (exact) mass is 328 g/mol. The van der Waals surface area contributed by atoms with Crippen molar-refractivity contribution in [1.82, 2.24) is 20.1 Å². The lowest BCUT2D eigenvalue weighted by atomic mass is 9.82. The zero-order valence-corrected chi connectivity index (χ0v) is 14.2. The van der Waals surface area contributed by atoms with Gasteiger partial charge >= 0.3 is 0 Å². The summed E-state index contributed by atoms with van der Waals surface area (Å²) >= 11 is 0. The van der Waals surface area contributed by atoms with Gasteiger partial charge < -0.3 is 14.8 Å².